The van der Waals surface area contributed by atoms with Gasteiger partial charge in [0.05, 0.1) is 13.0 Å². The highest BCUT2D eigenvalue weighted by atomic mass is 16.5. The number of aliphatic carboxylic acids is 1. The lowest BCUT2D eigenvalue weighted by Gasteiger charge is -2.31. The number of carbonyl (C=O) groups is 1. The Kier molecular flexibility index (Phi) is 4.48. The van der Waals surface area contributed by atoms with Gasteiger partial charge in [-0.1, -0.05) is 31.6 Å². The van der Waals surface area contributed by atoms with Crippen molar-refractivity contribution in [1.82, 2.24) is 0 Å². The summed E-state index contributed by atoms with van der Waals surface area (Å²) >= 11 is 0. The Labute approximate surface area is 120 Å². The van der Waals surface area contributed by atoms with Gasteiger partial charge in [0.25, 0.3) is 0 Å². The first-order valence-corrected chi connectivity index (χ1v) is 7.17. The molecule has 0 unspecified atom stereocenters. The average molecular weight is 274 g/mol. The highest BCUT2D eigenvalue weighted by molar-refractivity contribution is 5.76. The molecular weight excluding hydrogens is 252 g/mol. The second-order valence-corrected chi connectivity index (χ2v) is 5.36. The van der Waals surface area contributed by atoms with E-state index in [0.29, 0.717) is 0 Å². The molecule has 0 fully saturated rings. The highest BCUT2D eigenvalue weighted by Gasteiger charge is 2.32. The van der Waals surface area contributed by atoms with E-state index >= 15 is 0 Å². The molecular formula is C17H22O3. The second kappa shape index (κ2) is 6.12. The fraction of sp³-hybridized carbons (Fsp3) is 0.471. The van der Waals surface area contributed by atoms with Crippen molar-refractivity contribution in [2.45, 2.75) is 33.1 Å². The topological polar surface area (TPSA) is 46.5 Å². The van der Waals surface area contributed by atoms with E-state index in [1.54, 1.807) is 7.11 Å². The minimum absolute atomic E-state index is 0.114. The number of methoxy groups -OCH3 is 1. The molecule has 0 spiro atoms. The van der Waals surface area contributed by atoms with Crippen molar-refractivity contribution in [3.63, 3.8) is 0 Å². The van der Waals surface area contributed by atoms with Gasteiger partial charge < -0.3 is 9.84 Å². The van der Waals surface area contributed by atoms with E-state index in [1.165, 1.54) is 16.7 Å². The SMILES string of the molecule is CCC1=C(c2ccc(OC)cc2)CC[C@H](C(=O)O)[C@H]1C. The van der Waals surface area contributed by atoms with Crippen molar-refractivity contribution in [3.8, 4) is 5.75 Å². The lowest BCUT2D eigenvalue weighted by Crippen LogP contribution is -2.27. The van der Waals surface area contributed by atoms with Crippen LogP contribution < -0.4 is 4.74 Å². The zero-order valence-electron chi connectivity index (χ0n) is 12.3. The minimum Gasteiger partial charge on any atom is -0.497 e. The Bertz CT molecular complexity index is 514. The molecule has 0 saturated heterocycles. The Balaban J connectivity index is 2.37. The summed E-state index contributed by atoms with van der Waals surface area (Å²) in [6.45, 7) is 4.15. The van der Waals surface area contributed by atoms with Gasteiger partial charge in [0.2, 0.25) is 0 Å². The molecule has 1 aromatic carbocycles. The first-order valence-electron chi connectivity index (χ1n) is 7.17. The summed E-state index contributed by atoms with van der Waals surface area (Å²) in [7, 11) is 1.66. The van der Waals surface area contributed by atoms with Crippen molar-refractivity contribution in [2.24, 2.45) is 11.8 Å². The number of carboxylic acid groups (broad SMARTS) is 1. The molecule has 0 radical (unpaired) electrons. The molecule has 108 valence electrons. The maximum absolute atomic E-state index is 11.3. The smallest absolute Gasteiger partial charge is 0.307 e. The number of rotatable bonds is 4. The minimum atomic E-state index is -0.669. The Morgan fingerprint density at radius 2 is 2.00 bits per heavy atom. The van der Waals surface area contributed by atoms with Crippen LogP contribution in [0.15, 0.2) is 29.8 Å². The van der Waals surface area contributed by atoms with Gasteiger partial charge in [0, 0.05) is 0 Å². The molecule has 3 heteroatoms. The predicted octanol–water partition coefficient (Wildman–Crippen LogP) is 3.99. The van der Waals surface area contributed by atoms with E-state index in [4.69, 9.17) is 4.74 Å². The number of ether oxygens (including phenoxy) is 1. The lowest BCUT2D eigenvalue weighted by molar-refractivity contribution is -0.143. The maximum atomic E-state index is 11.3. The zero-order chi connectivity index (χ0) is 14.7. The molecule has 0 bridgehead atoms. The van der Waals surface area contributed by atoms with Gasteiger partial charge in [-0.15, -0.1) is 0 Å². The van der Waals surface area contributed by atoms with E-state index in [0.717, 1.165) is 25.0 Å². The molecule has 2 atom stereocenters. The third kappa shape index (κ3) is 2.72. The number of carboxylic acids is 1. The standard InChI is InChI=1S/C17H22O3/c1-4-14-11(2)15(17(18)19)9-10-16(14)12-5-7-13(20-3)8-6-12/h5-8,11,15H,4,9-10H2,1-3H3,(H,18,19)/t11-,15-/m0/s1. The second-order valence-electron chi connectivity index (χ2n) is 5.36. The molecule has 0 heterocycles. The van der Waals surface area contributed by atoms with E-state index in [2.05, 4.69) is 19.1 Å². The summed E-state index contributed by atoms with van der Waals surface area (Å²) in [6.07, 6.45) is 2.48. The van der Waals surface area contributed by atoms with E-state index in [1.807, 2.05) is 19.1 Å². The van der Waals surface area contributed by atoms with Crippen molar-refractivity contribution in [3.05, 3.63) is 35.4 Å². The zero-order valence-corrected chi connectivity index (χ0v) is 12.3. The van der Waals surface area contributed by atoms with Crippen molar-refractivity contribution in [2.75, 3.05) is 7.11 Å². The Hall–Kier alpha value is -1.77. The van der Waals surface area contributed by atoms with Crippen LogP contribution >= 0.6 is 0 Å². The summed E-state index contributed by atoms with van der Waals surface area (Å²) in [5, 5.41) is 9.31. The van der Waals surface area contributed by atoms with Crippen LogP contribution in [0, 0.1) is 11.8 Å². The summed E-state index contributed by atoms with van der Waals surface area (Å²) in [5.74, 6) is 0.0483. The molecule has 2 rings (SSSR count). The van der Waals surface area contributed by atoms with Gasteiger partial charge in [-0.05, 0) is 48.4 Å². The van der Waals surface area contributed by atoms with Gasteiger partial charge in [0.15, 0.2) is 0 Å². The van der Waals surface area contributed by atoms with Crippen LogP contribution in [-0.2, 0) is 4.79 Å². The number of allylic oxidation sites excluding steroid dienone is 2. The lowest BCUT2D eigenvalue weighted by atomic mass is 9.73. The van der Waals surface area contributed by atoms with Crippen LogP contribution in [-0.4, -0.2) is 18.2 Å². The summed E-state index contributed by atoms with van der Waals surface area (Å²) < 4.78 is 5.19. The molecule has 20 heavy (non-hydrogen) atoms. The molecule has 0 aromatic heterocycles. The third-order valence-electron chi connectivity index (χ3n) is 4.38. The van der Waals surface area contributed by atoms with Crippen LogP contribution in [0.25, 0.3) is 5.57 Å². The van der Waals surface area contributed by atoms with E-state index in [9.17, 15) is 9.90 Å². The molecule has 1 aromatic rings. The Morgan fingerprint density at radius 3 is 2.50 bits per heavy atom. The first-order chi connectivity index (χ1) is 9.58. The number of hydrogen-bond acceptors (Lipinski definition) is 2. The van der Waals surface area contributed by atoms with Crippen LogP contribution in [0.2, 0.25) is 0 Å². The molecule has 0 aliphatic heterocycles. The monoisotopic (exact) mass is 274 g/mol. The van der Waals surface area contributed by atoms with Crippen LogP contribution in [0.3, 0.4) is 0 Å². The average Bonchev–Trinajstić information content (AvgIpc) is 2.46. The number of benzene rings is 1. The van der Waals surface area contributed by atoms with Gasteiger partial charge >= 0.3 is 5.97 Å². The van der Waals surface area contributed by atoms with Gasteiger partial charge in [-0.3, -0.25) is 4.79 Å². The third-order valence-corrected chi connectivity index (χ3v) is 4.38. The van der Waals surface area contributed by atoms with Crippen molar-refractivity contribution in [1.29, 1.82) is 0 Å². The fourth-order valence-corrected chi connectivity index (χ4v) is 3.22. The van der Waals surface area contributed by atoms with Gasteiger partial charge in [-0.25, -0.2) is 0 Å². The molecule has 3 nitrogen and oxygen atoms in total. The van der Waals surface area contributed by atoms with Gasteiger partial charge in [0.1, 0.15) is 5.75 Å². The summed E-state index contributed by atoms with van der Waals surface area (Å²) in [4.78, 5) is 11.3. The fourth-order valence-electron chi connectivity index (χ4n) is 3.22. The molecule has 1 N–H and O–H groups in total. The van der Waals surface area contributed by atoms with Crippen LogP contribution in [0.1, 0.15) is 38.7 Å². The largest absolute Gasteiger partial charge is 0.497 e. The van der Waals surface area contributed by atoms with E-state index < -0.39 is 5.97 Å². The molecule has 0 saturated carbocycles. The number of hydrogen-bond donors (Lipinski definition) is 1. The first kappa shape index (κ1) is 14.6. The molecule has 1 aliphatic carbocycles. The van der Waals surface area contributed by atoms with Crippen LogP contribution in [0.4, 0.5) is 0 Å². The molecule has 1 aliphatic rings. The van der Waals surface area contributed by atoms with Gasteiger partial charge in [-0.2, -0.15) is 0 Å². The van der Waals surface area contributed by atoms with Crippen molar-refractivity contribution < 1.29 is 14.6 Å². The van der Waals surface area contributed by atoms with Crippen LogP contribution in [0.5, 0.6) is 5.75 Å². The maximum Gasteiger partial charge on any atom is 0.307 e. The quantitative estimate of drug-likeness (QED) is 0.903. The van der Waals surface area contributed by atoms with E-state index in [-0.39, 0.29) is 11.8 Å². The normalized spacial score (nSPS) is 22.8. The molecule has 0 amide bonds. The predicted molar refractivity (Wildman–Crippen MR) is 79.7 cm³/mol. The Morgan fingerprint density at radius 1 is 1.35 bits per heavy atom. The summed E-state index contributed by atoms with van der Waals surface area (Å²) in [5.41, 5.74) is 3.80. The van der Waals surface area contributed by atoms with Crippen molar-refractivity contribution >= 4 is 11.5 Å². The summed E-state index contributed by atoms with van der Waals surface area (Å²) in [6, 6.07) is 8.06. The highest BCUT2D eigenvalue weighted by Crippen LogP contribution is 2.41.